The van der Waals surface area contributed by atoms with E-state index in [1.54, 1.807) is 6.08 Å². The van der Waals surface area contributed by atoms with Crippen molar-refractivity contribution in [3.63, 3.8) is 0 Å². The van der Waals surface area contributed by atoms with Crippen LogP contribution in [0, 0.1) is 17.2 Å². The molecular weight excluding hydrogens is 154 g/mol. The minimum atomic E-state index is -0.801. The summed E-state index contributed by atoms with van der Waals surface area (Å²) in [5, 5.41) is 16.9. The smallest absolute Gasteiger partial charge is 0.303 e. The molecule has 0 radical (unpaired) electrons. The second kappa shape index (κ2) is 6.41. The molecule has 0 aliphatic rings. The van der Waals surface area contributed by atoms with Crippen LogP contribution in [-0.2, 0) is 4.79 Å². The van der Waals surface area contributed by atoms with Crippen molar-refractivity contribution < 1.29 is 9.90 Å². The lowest BCUT2D eigenvalue weighted by molar-refractivity contribution is -0.137. The first-order chi connectivity index (χ1) is 5.70. The summed E-state index contributed by atoms with van der Waals surface area (Å²) in [4.78, 5) is 10.1. The predicted molar refractivity (Wildman–Crippen MR) is 45.4 cm³/mol. The van der Waals surface area contributed by atoms with Crippen molar-refractivity contribution in [1.82, 2.24) is 0 Å². The molecule has 0 fully saturated rings. The van der Waals surface area contributed by atoms with Crippen LogP contribution < -0.4 is 0 Å². The standard InChI is InChI=1S/C9H13NO2/c1-2-4-8(7-10)5-3-6-9(11)12/h2,8H,1,3-6H2,(H,11,12). The van der Waals surface area contributed by atoms with Crippen LogP contribution in [0.4, 0.5) is 0 Å². The van der Waals surface area contributed by atoms with Gasteiger partial charge in [-0.15, -0.1) is 6.58 Å². The normalized spacial score (nSPS) is 11.6. The van der Waals surface area contributed by atoms with Gasteiger partial charge in [-0.3, -0.25) is 4.79 Å². The van der Waals surface area contributed by atoms with Crippen LogP contribution in [-0.4, -0.2) is 11.1 Å². The van der Waals surface area contributed by atoms with Gasteiger partial charge in [-0.1, -0.05) is 6.08 Å². The van der Waals surface area contributed by atoms with E-state index in [4.69, 9.17) is 10.4 Å². The molecule has 0 aromatic rings. The highest BCUT2D eigenvalue weighted by Gasteiger charge is 2.05. The van der Waals surface area contributed by atoms with Crippen LogP contribution in [0.25, 0.3) is 0 Å². The molecule has 0 aliphatic carbocycles. The fraction of sp³-hybridized carbons (Fsp3) is 0.556. The van der Waals surface area contributed by atoms with Crippen molar-refractivity contribution in [3.05, 3.63) is 12.7 Å². The molecule has 0 spiro atoms. The fourth-order valence-electron chi connectivity index (χ4n) is 0.936. The first-order valence-corrected chi connectivity index (χ1v) is 3.93. The molecular formula is C9H13NO2. The third-order valence-electron chi connectivity index (χ3n) is 1.58. The maximum absolute atomic E-state index is 10.1. The molecule has 1 unspecified atom stereocenters. The molecule has 0 aliphatic heterocycles. The number of hydrogen-bond acceptors (Lipinski definition) is 2. The Morgan fingerprint density at radius 1 is 1.75 bits per heavy atom. The van der Waals surface area contributed by atoms with Gasteiger partial charge in [-0.2, -0.15) is 5.26 Å². The molecule has 1 atom stereocenters. The average molecular weight is 167 g/mol. The van der Waals surface area contributed by atoms with Gasteiger partial charge in [0.05, 0.1) is 6.07 Å². The summed E-state index contributed by atoms with van der Waals surface area (Å²) in [5.74, 6) is -0.868. The Balaban J connectivity index is 3.52. The molecule has 0 aromatic carbocycles. The number of carboxylic acids is 1. The van der Waals surface area contributed by atoms with Crippen LogP contribution in [0.2, 0.25) is 0 Å². The van der Waals surface area contributed by atoms with E-state index >= 15 is 0 Å². The van der Waals surface area contributed by atoms with Gasteiger partial charge in [0, 0.05) is 12.3 Å². The lowest BCUT2D eigenvalue weighted by Crippen LogP contribution is -1.99. The van der Waals surface area contributed by atoms with Gasteiger partial charge in [0.25, 0.3) is 0 Å². The molecule has 0 amide bonds. The number of rotatable bonds is 6. The average Bonchev–Trinajstić information content (AvgIpc) is 2.02. The minimum absolute atomic E-state index is 0.0677. The van der Waals surface area contributed by atoms with E-state index in [9.17, 15) is 4.79 Å². The number of carbonyl (C=O) groups is 1. The van der Waals surface area contributed by atoms with E-state index in [-0.39, 0.29) is 12.3 Å². The van der Waals surface area contributed by atoms with Crippen molar-refractivity contribution in [1.29, 1.82) is 5.26 Å². The lowest BCUT2D eigenvalue weighted by Gasteiger charge is -2.02. The summed E-state index contributed by atoms with van der Waals surface area (Å²) in [7, 11) is 0. The van der Waals surface area contributed by atoms with Gasteiger partial charge in [0.1, 0.15) is 0 Å². The second-order valence-electron chi connectivity index (χ2n) is 2.64. The summed E-state index contributed by atoms with van der Waals surface area (Å²) >= 11 is 0. The van der Waals surface area contributed by atoms with Gasteiger partial charge in [-0.05, 0) is 19.3 Å². The molecule has 12 heavy (non-hydrogen) atoms. The van der Waals surface area contributed by atoms with Gasteiger partial charge < -0.3 is 5.11 Å². The molecule has 3 nitrogen and oxygen atoms in total. The van der Waals surface area contributed by atoms with E-state index in [2.05, 4.69) is 12.6 Å². The minimum Gasteiger partial charge on any atom is -0.481 e. The molecule has 0 bridgehead atoms. The zero-order valence-electron chi connectivity index (χ0n) is 6.99. The SMILES string of the molecule is C=CCC(C#N)CCCC(=O)O. The van der Waals surface area contributed by atoms with E-state index in [1.165, 1.54) is 0 Å². The quantitative estimate of drug-likeness (QED) is 0.615. The predicted octanol–water partition coefficient (Wildman–Crippen LogP) is 1.96. The number of hydrogen-bond donors (Lipinski definition) is 1. The molecule has 0 saturated heterocycles. The molecule has 1 N–H and O–H groups in total. The second-order valence-corrected chi connectivity index (χ2v) is 2.64. The Bertz CT molecular complexity index is 193. The zero-order valence-corrected chi connectivity index (χ0v) is 6.99. The summed E-state index contributed by atoms with van der Waals surface area (Å²) in [5.41, 5.74) is 0. The summed E-state index contributed by atoms with van der Waals surface area (Å²) < 4.78 is 0. The van der Waals surface area contributed by atoms with Crippen molar-refractivity contribution in [3.8, 4) is 6.07 Å². The van der Waals surface area contributed by atoms with Crippen molar-refractivity contribution in [2.24, 2.45) is 5.92 Å². The Kier molecular flexibility index (Phi) is 5.72. The van der Waals surface area contributed by atoms with Gasteiger partial charge >= 0.3 is 5.97 Å². The van der Waals surface area contributed by atoms with Crippen molar-refractivity contribution in [2.75, 3.05) is 0 Å². The highest BCUT2D eigenvalue weighted by Crippen LogP contribution is 2.11. The third-order valence-corrected chi connectivity index (χ3v) is 1.58. The zero-order chi connectivity index (χ0) is 9.40. The number of nitriles is 1. The molecule has 0 heterocycles. The van der Waals surface area contributed by atoms with Crippen molar-refractivity contribution in [2.45, 2.75) is 25.7 Å². The van der Waals surface area contributed by atoms with E-state index in [0.29, 0.717) is 19.3 Å². The van der Waals surface area contributed by atoms with Gasteiger partial charge in [-0.25, -0.2) is 0 Å². The Hall–Kier alpha value is -1.30. The molecule has 0 saturated carbocycles. The lowest BCUT2D eigenvalue weighted by atomic mass is 10.0. The van der Waals surface area contributed by atoms with E-state index in [0.717, 1.165) is 0 Å². The fourth-order valence-corrected chi connectivity index (χ4v) is 0.936. The number of carboxylic acid groups (broad SMARTS) is 1. The van der Waals surface area contributed by atoms with Crippen molar-refractivity contribution >= 4 is 5.97 Å². The first kappa shape index (κ1) is 10.7. The topological polar surface area (TPSA) is 61.1 Å². The largest absolute Gasteiger partial charge is 0.481 e. The van der Waals surface area contributed by atoms with E-state index in [1.807, 2.05) is 0 Å². The summed E-state index contributed by atoms with van der Waals surface area (Å²) in [6, 6.07) is 2.11. The molecule has 66 valence electrons. The maximum atomic E-state index is 10.1. The van der Waals surface area contributed by atoms with E-state index < -0.39 is 5.97 Å². The monoisotopic (exact) mass is 167 g/mol. The van der Waals surface area contributed by atoms with Crippen LogP contribution >= 0.6 is 0 Å². The number of aliphatic carboxylic acids is 1. The maximum Gasteiger partial charge on any atom is 0.303 e. The van der Waals surface area contributed by atoms with Crippen LogP contribution in [0.5, 0.6) is 0 Å². The number of allylic oxidation sites excluding steroid dienone is 1. The summed E-state index contributed by atoms with van der Waals surface area (Å²) in [6.07, 6.45) is 3.70. The Morgan fingerprint density at radius 2 is 2.42 bits per heavy atom. The van der Waals surface area contributed by atoms with Gasteiger partial charge in [0.2, 0.25) is 0 Å². The third kappa shape index (κ3) is 5.48. The summed E-state index contributed by atoms with van der Waals surface area (Å²) in [6.45, 7) is 3.52. The number of nitrogens with zero attached hydrogens (tertiary/aromatic N) is 1. The van der Waals surface area contributed by atoms with Crippen LogP contribution in [0.3, 0.4) is 0 Å². The van der Waals surface area contributed by atoms with Crippen LogP contribution in [0.15, 0.2) is 12.7 Å². The Morgan fingerprint density at radius 3 is 2.83 bits per heavy atom. The highest BCUT2D eigenvalue weighted by molar-refractivity contribution is 5.66. The van der Waals surface area contributed by atoms with Gasteiger partial charge in [0.15, 0.2) is 0 Å². The van der Waals surface area contributed by atoms with Crippen LogP contribution in [0.1, 0.15) is 25.7 Å². The highest BCUT2D eigenvalue weighted by atomic mass is 16.4. The Labute approximate surface area is 72.3 Å². The first-order valence-electron chi connectivity index (χ1n) is 3.93. The molecule has 3 heteroatoms. The molecule has 0 aromatic heterocycles. The molecule has 0 rings (SSSR count).